The van der Waals surface area contributed by atoms with E-state index in [9.17, 15) is 9.59 Å². The van der Waals surface area contributed by atoms with Gasteiger partial charge < -0.3 is 0 Å². The Morgan fingerprint density at radius 3 is 1.92 bits per heavy atom. The highest BCUT2D eigenvalue weighted by Gasteiger charge is 2.42. The van der Waals surface area contributed by atoms with Crippen LogP contribution in [0, 0.1) is 3.14 Å². The molecule has 0 saturated heterocycles. The smallest absolute Gasteiger partial charge is 0.187 e. The number of ketones is 2. The standard InChI is InChI=1S/C27H32O2S7/c1-2-3-4-5-6-7-8-9-10-11-13-18-15-16-20(32-18)22(29)24-23(21(28)19-14-12-17-31-19)33-25-26(34-24)36-27(30)35-25/h12,14-17,23-24H,2-11,13H2,1H3. The van der Waals surface area contributed by atoms with Crippen molar-refractivity contribution in [2.45, 2.75) is 96.5 Å². The van der Waals surface area contributed by atoms with Gasteiger partial charge in [0.05, 0.1) is 28.7 Å². The molecule has 2 nitrogen and oxygen atoms in total. The van der Waals surface area contributed by atoms with Gasteiger partial charge in [0.1, 0.15) is 3.14 Å². The number of carbonyl (C=O) groups is 2. The van der Waals surface area contributed by atoms with Crippen molar-refractivity contribution in [2.75, 3.05) is 0 Å². The Morgan fingerprint density at radius 1 is 0.750 bits per heavy atom. The number of rotatable bonds is 15. The van der Waals surface area contributed by atoms with Gasteiger partial charge in [0.15, 0.2) is 11.6 Å². The third kappa shape index (κ3) is 7.87. The summed E-state index contributed by atoms with van der Waals surface area (Å²) in [7, 11) is 0. The minimum atomic E-state index is -0.416. The molecule has 1 aliphatic heterocycles. The van der Waals surface area contributed by atoms with Gasteiger partial charge in [-0.15, -0.1) is 45.3 Å². The molecule has 0 bridgehead atoms. The lowest BCUT2D eigenvalue weighted by Gasteiger charge is -2.27. The Bertz CT molecular complexity index is 1170. The molecule has 3 aromatic heterocycles. The summed E-state index contributed by atoms with van der Waals surface area (Å²) in [6.07, 6.45) is 14.3. The molecule has 4 heterocycles. The quantitative estimate of drug-likeness (QED) is 0.0969. The Hall–Kier alpha value is -0.290. The summed E-state index contributed by atoms with van der Waals surface area (Å²) in [5.74, 6) is 0.134. The number of unbranched alkanes of at least 4 members (excludes halogenated alkanes) is 9. The molecule has 4 rings (SSSR count). The molecule has 0 saturated carbocycles. The van der Waals surface area contributed by atoms with Crippen LogP contribution in [0.1, 0.15) is 95.4 Å². The minimum absolute atomic E-state index is 0.0537. The molecular formula is C27H32O2S7. The Morgan fingerprint density at radius 2 is 1.33 bits per heavy atom. The van der Waals surface area contributed by atoms with Gasteiger partial charge >= 0.3 is 0 Å². The number of hydrogen-bond acceptors (Lipinski definition) is 9. The van der Waals surface area contributed by atoms with E-state index in [4.69, 9.17) is 12.2 Å². The van der Waals surface area contributed by atoms with Gasteiger partial charge in [-0.05, 0) is 36.4 Å². The molecule has 0 N–H and O–H groups in total. The van der Waals surface area contributed by atoms with Crippen LogP contribution in [0.3, 0.4) is 0 Å². The molecule has 36 heavy (non-hydrogen) atoms. The maximum absolute atomic E-state index is 13.7. The van der Waals surface area contributed by atoms with E-state index in [1.165, 1.54) is 92.2 Å². The van der Waals surface area contributed by atoms with E-state index in [1.54, 1.807) is 45.8 Å². The van der Waals surface area contributed by atoms with E-state index in [0.29, 0.717) is 0 Å². The third-order valence-electron chi connectivity index (χ3n) is 6.22. The van der Waals surface area contributed by atoms with Crippen molar-refractivity contribution in [2.24, 2.45) is 0 Å². The first-order valence-electron chi connectivity index (χ1n) is 12.7. The second-order valence-corrected chi connectivity index (χ2v) is 17.2. The topological polar surface area (TPSA) is 34.1 Å². The molecule has 0 fully saturated rings. The molecule has 9 heteroatoms. The molecule has 0 amide bonds. The monoisotopic (exact) mass is 612 g/mol. The third-order valence-corrected chi connectivity index (χ3v) is 14.5. The van der Waals surface area contributed by atoms with Gasteiger partial charge in [0, 0.05) is 4.88 Å². The van der Waals surface area contributed by atoms with Crippen molar-refractivity contribution in [1.82, 2.24) is 0 Å². The van der Waals surface area contributed by atoms with E-state index in [-0.39, 0.29) is 11.6 Å². The van der Waals surface area contributed by atoms with Crippen LogP contribution in [0.4, 0.5) is 0 Å². The van der Waals surface area contributed by atoms with Gasteiger partial charge in [-0.1, -0.05) is 107 Å². The molecule has 0 aromatic carbocycles. The van der Waals surface area contributed by atoms with Gasteiger partial charge in [-0.2, -0.15) is 0 Å². The van der Waals surface area contributed by atoms with Gasteiger partial charge in [0.25, 0.3) is 0 Å². The number of thioether (sulfide) groups is 2. The second kappa shape index (κ2) is 14.8. The van der Waals surface area contributed by atoms with Crippen LogP contribution in [-0.4, -0.2) is 22.1 Å². The first-order valence-corrected chi connectivity index (χ1v) is 18.2. The fraction of sp³-hybridized carbons (Fsp3) is 0.519. The molecule has 0 spiro atoms. The first-order chi connectivity index (χ1) is 17.6. The molecule has 194 valence electrons. The van der Waals surface area contributed by atoms with Gasteiger partial charge in [-0.25, -0.2) is 0 Å². The fourth-order valence-electron chi connectivity index (χ4n) is 4.27. The highest BCUT2D eigenvalue weighted by Crippen LogP contribution is 2.52. The number of carbonyl (C=O) groups excluding carboxylic acids is 2. The van der Waals surface area contributed by atoms with Crippen molar-refractivity contribution >= 4 is 92.7 Å². The van der Waals surface area contributed by atoms with Crippen LogP contribution in [0.5, 0.6) is 0 Å². The fourth-order valence-corrected chi connectivity index (χ4v) is 13.0. The normalized spacial score (nSPS) is 17.2. The number of aryl methyl sites for hydroxylation is 1. The molecule has 2 unspecified atom stereocenters. The summed E-state index contributed by atoms with van der Waals surface area (Å²) in [5, 5.41) is 1.09. The molecular weight excluding hydrogens is 581 g/mol. The van der Waals surface area contributed by atoms with Crippen LogP contribution >= 0.6 is 81.1 Å². The summed E-state index contributed by atoms with van der Waals surface area (Å²) >= 11 is 14.7. The summed E-state index contributed by atoms with van der Waals surface area (Å²) in [5.41, 5.74) is 0. The van der Waals surface area contributed by atoms with Crippen molar-refractivity contribution in [1.29, 1.82) is 0 Å². The maximum Gasteiger partial charge on any atom is 0.187 e. The summed E-state index contributed by atoms with van der Waals surface area (Å²) < 4.78 is 3.03. The summed E-state index contributed by atoms with van der Waals surface area (Å²) in [4.78, 5) is 29.8. The highest BCUT2D eigenvalue weighted by atomic mass is 32.2. The summed E-state index contributed by atoms with van der Waals surface area (Å²) in [6.45, 7) is 2.27. The van der Waals surface area contributed by atoms with Crippen LogP contribution < -0.4 is 0 Å². The lowest BCUT2D eigenvalue weighted by Crippen LogP contribution is -2.36. The van der Waals surface area contributed by atoms with Crippen LogP contribution in [-0.2, 0) is 6.42 Å². The Kier molecular flexibility index (Phi) is 11.8. The average Bonchev–Trinajstić information content (AvgIpc) is 3.64. The molecule has 1 aliphatic rings. The van der Waals surface area contributed by atoms with Gasteiger partial charge in [0.2, 0.25) is 0 Å². The zero-order chi connectivity index (χ0) is 25.3. The Labute approximate surface area is 244 Å². The SMILES string of the molecule is CCCCCCCCCCCCc1ccc(C(=O)C2Sc3sc(=S)sc3SC2C(=O)c2cccs2)s1. The number of thiophene rings is 2. The molecule has 2 atom stereocenters. The van der Waals surface area contributed by atoms with Crippen molar-refractivity contribution < 1.29 is 9.59 Å². The van der Waals surface area contributed by atoms with Crippen LogP contribution in [0.15, 0.2) is 38.1 Å². The van der Waals surface area contributed by atoms with Crippen molar-refractivity contribution in [3.05, 3.63) is 47.4 Å². The Balaban J connectivity index is 1.31. The van der Waals surface area contributed by atoms with E-state index in [1.807, 2.05) is 23.6 Å². The predicted molar refractivity (Wildman–Crippen MR) is 165 cm³/mol. The van der Waals surface area contributed by atoms with Crippen LogP contribution in [0.2, 0.25) is 0 Å². The number of hydrogen-bond donors (Lipinski definition) is 0. The average molecular weight is 613 g/mol. The number of fused-ring (bicyclic) bond motifs is 1. The van der Waals surface area contributed by atoms with Crippen molar-refractivity contribution in [3.8, 4) is 0 Å². The van der Waals surface area contributed by atoms with Crippen molar-refractivity contribution in [3.63, 3.8) is 0 Å². The molecule has 3 aromatic rings. The lowest BCUT2D eigenvalue weighted by atomic mass is 10.1. The minimum Gasteiger partial charge on any atom is -0.292 e. The number of Topliss-reactive ketones (excluding diaryl/α,β-unsaturated/α-hetero) is 2. The second-order valence-electron chi connectivity index (χ2n) is 9.01. The molecule has 0 aliphatic carbocycles. The van der Waals surface area contributed by atoms with E-state index in [0.717, 1.165) is 27.7 Å². The first kappa shape index (κ1) is 28.7. The zero-order valence-electron chi connectivity index (χ0n) is 20.5. The van der Waals surface area contributed by atoms with E-state index in [2.05, 4.69) is 13.0 Å². The summed E-state index contributed by atoms with van der Waals surface area (Å²) in [6, 6.07) is 7.85. The predicted octanol–water partition coefficient (Wildman–Crippen LogP) is 10.8. The van der Waals surface area contributed by atoms with E-state index < -0.39 is 10.5 Å². The zero-order valence-corrected chi connectivity index (χ0v) is 26.2. The van der Waals surface area contributed by atoms with E-state index >= 15 is 0 Å². The molecule has 0 radical (unpaired) electrons. The van der Waals surface area contributed by atoms with Gasteiger partial charge in [-0.3, -0.25) is 9.59 Å². The maximum atomic E-state index is 13.7. The largest absolute Gasteiger partial charge is 0.292 e. The van der Waals surface area contributed by atoms with Crippen LogP contribution in [0.25, 0.3) is 0 Å². The highest BCUT2D eigenvalue weighted by molar-refractivity contribution is 8.10. The lowest BCUT2D eigenvalue weighted by molar-refractivity contribution is 0.0934.